The number of oxime groups is 1. The lowest BCUT2D eigenvalue weighted by atomic mass is 10.1. The molecule has 0 saturated carbocycles. The van der Waals surface area contributed by atoms with Gasteiger partial charge in [0, 0.05) is 11.1 Å². The van der Waals surface area contributed by atoms with Crippen LogP contribution in [-0.2, 0) is 9.59 Å². The van der Waals surface area contributed by atoms with Crippen LogP contribution < -0.4 is 17.2 Å². The van der Waals surface area contributed by atoms with Crippen molar-refractivity contribution in [3.63, 3.8) is 0 Å². The number of rotatable bonds is 6. The molecule has 0 atom stereocenters. The number of carbonyl (C=O) groups excluding carboxylic acids is 3. The molecule has 1 aromatic carbocycles. The standard InChI is InChI=1S/C12H15N5O4/c13-9(18)5-17(6-10(14)19)12(20)8-3-1-7(2-4-8)11(15)16-21/h1-4,21H,5-6H2,(H2,13,18)(H2,14,19)(H2,15,16). The highest BCUT2D eigenvalue weighted by molar-refractivity contribution is 6.01. The van der Waals surface area contributed by atoms with Crippen LogP contribution in [-0.4, -0.2) is 46.8 Å². The molecular weight excluding hydrogens is 278 g/mol. The number of hydrogen-bond acceptors (Lipinski definition) is 5. The smallest absolute Gasteiger partial charge is 0.254 e. The van der Waals surface area contributed by atoms with E-state index in [0.717, 1.165) is 4.90 Å². The quantitative estimate of drug-likeness (QED) is 0.210. The van der Waals surface area contributed by atoms with Crippen molar-refractivity contribution < 1.29 is 19.6 Å². The monoisotopic (exact) mass is 293 g/mol. The van der Waals surface area contributed by atoms with E-state index in [9.17, 15) is 14.4 Å². The van der Waals surface area contributed by atoms with Crippen LogP contribution in [0, 0.1) is 0 Å². The maximum absolute atomic E-state index is 12.2. The van der Waals surface area contributed by atoms with E-state index >= 15 is 0 Å². The van der Waals surface area contributed by atoms with E-state index in [1.54, 1.807) is 0 Å². The van der Waals surface area contributed by atoms with Crippen LogP contribution in [0.15, 0.2) is 29.4 Å². The van der Waals surface area contributed by atoms with Gasteiger partial charge in [-0.2, -0.15) is 0 Å². The molecule has 7 N–H and O–H groups in total. The highest BCUT2D eigenvalue weighted by atomic mass is 16.4. The van der Waals surface area contributed by atoms with Gasteiger partial charge in [-0.25, -0.2) is 0 Å². The topological polar surface area (TPSA) is 165 Å². The van der Waals surface area contributed by atoms with Gasteiger partial charge < -0.3 is 27.3 Å². The summed E-state index contributed by atoms with van der Waals surface area (Å²) in [5, 5.41) is 11.4. The first-order chi connectivity index (χ1) is 9.85. The van der Waals surface area contributed by atoms with Crippen molar-refractivity contribution in [2.45, 2.75) is 0 Å². The van der Waals surface area contributed by atoms with E-state index in [4.69, 9.17) is 22.4 Å². The molecule has 0 aromatic heterocycles. The molecule has 0 saturated heterocycles. The van der Waals surface area contributed by atoms with Gasteiger partial charge in [0.25, 0.3) is 5.91 Å². The van der Waals surface area contributed by atoms with E-state index in [1.165, 1.54) is 24.3 Å². The normalized spacial score (nSPS) is 11.0. The highest BCUT2D eigenvalue weighted by Crippen LogP contribution is 2.08. The predicted molar refractivity (Wildman–Crippen MR) is 73.2 cm³/mol. The zero-order chi connectivity index (χ0) is 16.0. The minimum atomic E-state index is -0.766. The Hall–Kier alpha value is -3.10. The van der Waals surface area contributed by atoms with E-state index in [2.05, 4.69) is 5.16 Å². The third-order valence-corrected chi connectivity index (χ3v) is 2.52. The first-order valence-electron chi connectivity index (χ1n) is 5.79. The third-order valence-electron chi connectivity index (χ3n) is 2.52. The lowest BCUT2D eigenvalue weighted by molar-refractivity contribution is -0.121. The van der Waals surface area contributed by atoms with Crippen molar-refractivity contribution >= 4 is 23.6 Å². The fourth-order valence-corrected chi connectivity index (χ4v) is 1.60. The van der Waals surface area contributed by atoms with Gasteiger partial charge in [0.2, 0.25) is 11.8 Å². The van der Waals surface area contributed by atoms with Gasteiger partial charge in [-0.15, -0.1) is 0 Å². The van der Waals surface area contributed by atoms with E-state index in [-0.39, 0.29) is 11.4 Å². The summed E-state index contributed by atoms with van der Waals surface area (Å²) in [6, 6.07) is 5.72. The molecule has 0 unspecified atom stereocenters. The van der Waals surface area contributed by atoms with Crippen molar-refractivity contribution in [1.82, 2.24) is 4.90 Å². The fourth-order valence-electron chi connectivity index (χ4n) is 1.60. The first kappa shape index (κ1) is 16.0. The number of amides is 3. The van der Waals surface area contributed by atoms with E-state index in [0.29, 0.717) is 5.56 Å². The summed E-state index contributed by atoms with van der Waals surface area (Å²) in [5.41, 5.74) is 16.0. The van der Waals surface area contributed by atoms with Crippen LogP contribution >= 0.6 is 0 Å². The lowest BCUT2D eigenvalue weighted by Gasteiger charge is -2.19. The Morgan fingerprint density at radius 1 is 0.952 bits per heavy atom. The molecule has 0 fully saturated rings. The van der Waals surface area contributed by atoms with Crippen LogP contribution in [0.25, 0.3) is 0 Å². The largest absolute Gasteiger partial charge is 0.409 e. The summed E-state index contributed by atoms with van der Waals surface area (Å²) in [4.78, 5) is 35.0. The summed E-state index contributed by atoms with van der Waals surface area (Å²) in [7, 11) is 0. The molecule has 9 nitrogen and oxygen atoms in total. The van der Waals surface area contributed by atoms with Gasteiger partial charge in [0.05, 0.1) is 0 Å². The second kappa shape index (κ2) is 6.89. The molecule has 0 aliphatic rings. The minimum absolute atomic E-state index is 0.111. The average Bonchev–Trinajstić information content (AvgIpc) is 2.44. The molecule has 1 rings (SSSR count). The molecule has 0 aliphatic carbocycles. The Morgan fingerprint density at radius 2 is 1.38 bits per heavy atom. The SMILES string of the molecule is NC(=O)CN(CC(N)=O)C(=O)c1ccc(C(N)=NO)cc1. The number of benzene rings is 1. The van der Waals surface area contributed by atoms with Crippen molar-refractivity contribution in [2.24, 2.45) is 22.4 Å². The molecule has 0 radical (unpaired) electrons. The first-order valence-corrected chi connectivity index (χ1v) is 5.79. The van der Waals surface area contributed by atoms with Gasteiger partial charge in [-0.3, -0.25) is 14.4 Å². The van der Waals surface area contributed by atoms with Gasteiger partial charge in [-0.1, -0.05) is 17.3 Å². The predicted octanol–water partition coefficient (Wildman–Crippen LogP) is -1.81. The molecule has 0 heterocycles. The van der Waals surface area contributed by atoms with Gasteiger partial charge >= 0.3 is 0 Å². The van der Waals surface area contributed by atoms with Crippen molar-refractivity contribution in [2.75, 3.05) is 13.1 Å². The van der Waals surface area contributed by atoms with E-state index < -0.39 is 30.8 Å². The van der Waals surface area contributed by atoms with Crippen LogP contribution in [0.4, 0.5) is 0 Å². The second-order valence-corrected chi connectivity index (χ2v) is 4.16. The zero-order valence-corrected chi connectivity index (χ0v) is 11.0. The second-order valence-electron chi connectivity index (χ2n) is 4.16. The summed E-state index contributed by atoms with van der Waals surface area (Å²) in [6.07, 6.45) is 0. The summed E-state index contributed by atoms with van der Waals surface area (Å²) in [6.45, 7) is -0.854. The lowest BCUT2D eigenvalue weighted by Crippen LogP contribution is -2.43. The molecule has 112 valence electrons. The van der Waals surface area contributed by atoms with E-state index in [1.807, 2.05) is 0 Å². The molecule has 3 amide bonds. The maximum atomic E-state index is 12.2. The van der Waals surface area contributed by atoms with Crippen molar-refractivity contribution in [1.29, 1.82) is 0 Å². The van der Waals surface area contributed by atoms with Gasteiger partial charge in [0.1, 0.15) is 13.1 Å². The number of nitrogens with zero attached hydrogens (tertiary/aromatic N) is 2. The fraction of sp³-hybridized carbons (Fsp3) is 0.167. The van der Waals surface area contributed by atoms with Gasteiger partial charge in [-0.05, 0) is 12.1 Å². The number of nitrogens with two attached hydrogens (primary N) is 3. The summed E-state index contributed by atoms with van der Waals surface area (Å²) in [5.74, 6) is -2.23. The Labute approximate surface area is 120 Å². The number of hydrogen-bond donors (Lipinski definition) is 4. The molecular formula is C12H15N5O4. The molecule has 9 heteroatoms. The zero-order valence-electron chi connectivity index (χ0n) is 11.0. The number of amidine groups is 1. The highest BCUT2D eigenvalue weighted by Gasteiger charge is 2.19. The Bertz CT molecular complexity index is 566. The molecule has 0 aliphatic heterocycles. The van der Waals surface area contributed by atoms with Crippen LogP contribution in [0.5, 0.6) is 0 Å². The minimum Gasteiger partial charge on any atom is -0.409 e. The molecule has 21 heavy (non-hydrogen) atoms. The summed E-state index contributed by atoms with van der Waals surface area (Å²) >= 11 is 0. The molecule has 0 bridgehead atoms. The van der Waals surface area contributed by atoms with Crippen LogP contribution in [0.2, 0.25) is 0 Å². The maximum Gasteiger partial charge on any atom is 0.254 e. The number of primary amides is 2. The van der Waals surface area contributed by atoms with Crippen LogP contribution in [0.3, 0.4) is 0 Å². The Morgan fingerprint density at radius 3 is 1.76 bits per heavy atom. The molecule has 0 spiro atoms. The number of carbonyl (C=O) groups is 3. The van der Waals surface area contributed by atoms with Crippen LogP contribution in [0.1, 0.15) is 15.9 Å². The van der Waals surface area contributed by atoms with Gasteiger partial charge in [0.15, 0.2) is 5.84 Å². The summed E-state index contributed by atoms with van der Waals surface area (Å²) < 4.78 is 0. The third kappa shape index (κ3) is 4.49. The van der Waals surface area contributed by atoms with Crippen molar-refractivity contribution in [3.8, 4) is 0 Å². The molecule has 1 aromatic rings. The Balaban J connectivity index is 2.97. The Kier molecular flexibility index (Phi) is 5.24. The van der Waals surface area contributed by atoms with Crippen molar-refractivity contribution in [3.05, 3.63) is 35.4 Å². The average molecular weight is 293 g/mol.